The van der Waals surface area contributed by atoms with Crippen molar-refractivity contribution >= 4 is 23.9 Å². The molecule has 0 heterocycles. The van der Waals surface area contributed by atoms with Gasteiger partial charge in [0.1, 0.15) is 11.6 Å². The highest BCUT2D eigenvalue weighted by atomic mass is 32.2. The molecular weight excluding hydrogens is 247 g/mol. The molecule has 3 heteroatoms. The van der Waals surface area contributed by atoms with Crippen molar-refractivity contribution in [2.45, 2.75) is 4.90 Å². The maximum atomic E-state index is 12.8. The summed E-state index contributed by atoms with van der Waals surface area (Å²) in [5.41, 5.74) is 1.97. The highest BCUT2D eigenvalue weighted by molar-refractivity contribution is 7.98. The molecule has 0 aliphatic carbocycles. The third kappa shape index (κ3) is 3.14. The normalized spacial score (nSPS) is 11.0. The van der Waals surface area contributed by atoms with Crippen LogP contribution in [0.2, 0.25) is 0 Å². The maximum absolute atomic E-state index is 12.8. The molecule has 0 aromatic heterocycles. The minimum atomic E-state index is -0.235. The second kappa shape index (κ2) is 5.74. The molecule has 2 aromatic carbocycles. The molecule has 0 aliphatic rings. The Morgan fingerprint density at radius 1 is 1.06 bits per heavy atom. The molecule has 0 bridgehead atoms. The first kappa shape index (κ1) is 12.7. The molecule has 2 aromatic rings. The van der Waals surface area contributed by atoms with E-state index < -0.39 is 0 Å². The van der Waals surface area contributed by atoms with Gasteiger partial charge >= 0.3 is 0 Å². The lowest BCUT2D eigenvalue weighted by molar-refractivity contribution is 0.474. The van der Waals surface area contributed by atoms with Crippen LogP contribution >= 0.6 is 11.8 Å². The van der Waals surface area contributed by atoms with Crippen molar-refractivity contribution in [3.63, 3.8) is 0 Å². The molecule has 0 saturated heterocycles. The minimum Gasteiger partial charge on any atom is -0.508 e. The van der Waals surface area contributed by atoms with Crippen LogP contribution in [0, 0.1) is 5.82 Å². The van der Waals surface area contributed by atoms with Crippen LogP contribution in [0.4, 0.5) is 4.39 Å². The summed E-state index contributed by atoms with van der Waals surface area (Å²) in [6.07, 6.45) is 5.84. The van der Waals surface area contributed by atoms with E-state index in [0.717, 1.165) is 16.0 Å². The Morgan fingerprint density at radius 3 is 2.44 bits per heavy atom. The van der Waals surface area contributed by atoms with E-state index in [-0.39, 0.29) is 11.6 Å². The molecule has 0 spiro atoms. The van der Waals surface area contributed by atoms with Crippen LogP contribution in [0.5, 0.6) is 5.75 Å². The number of phenols is 1. The fourth-order valence-corrected chi connectivity index (χ4v) is 2.21. The van der Waals surface area contributed by atoms with Crippen LogP contribution < -0.4 is 0 Å². The van der Waals surface area contributed by atoms with E-state index in [1.54, 1.807) is 36.0 Å². The predicted octanol–water partition coefficient (Wildman–Crippen LogP) is 4.42. The third-order valence-electron chi connectivity index (χ3n) is 2.54. The number of hydrogen-bond donors (Lipinski definition) is 1. The first-order valence-corrected chi connectivity index (χ1v) is 6.72. The average Bonchev–Trinajstić information content (AvgIpc) is 2.39. The zero-order valence-electron chi connectivity index (χ0n) is 9.93. The van der Waals surface area contributed by atoms with Crippen molar-refractivity contribution < 1.29 is 9.50 Å². The number of thioether (sulfide) groups is 1. The smallest absolute Gasteiger partial charge is 0.123 e. The summed E-state index contributed by atoms with van der Waals surface area (Å²) in [4.78, 5) is 1.01. The summed E-state index contributed by atoms with van der Waals surface area (Å²) in [6.45, 7) is 0. The van der Waals surface area contributed by atoms with Gasteiger partial charge in [0.25, 0.3) is 0 Å². The van der Waals surface area contributed by atoms with E-state index in [1.165, 1.54) is 12.1 Å². The van der Waals surface area contributed by atoms with Crippen LogP contribution in [-0.4, -0.2) is 11.4 Å². The molecule has 0 saturated carbocycles. The van der Waals surface area contributed by atoms with Gasteiger partial charge < -0.3 is 5.11 Å². The summed E-state index contributed by atoms with van der Waals surface area (Å²) >= 11 is 1.58. The fraction of sp³-hybridized carbons (Fsp3) is 0.0667. The molecule has 0 fully saturated rings. The second-order valence-electron chi connectivity index (χ2n) is 3.81. The Hall–Kier alpha value is -1.74. The maximum Gasteiger partial charge on any atom is 0.123 e. The first-order chi connectivity index (χ1) is 8.69. The average molecular weight is 260 g/mol. The van der Waals surface area contributed by atoms with Gasteiger partial charge in [-0.2, -0.15) is 0 Å². The van der Waals surface area contributed by atoms with Crippen molar-refractivity contribution in [3.05, 3.63) is 59.4 Å². The molecular formula is C15H13FOS. The van der Waals surface area contributed by atoms with E-state index in [2.05, 4.69) is 0 Å². The van der Waals surface area contributed by atoms with Gasteiger partial charge in [-0.15, -0.1) is 11.8 Å². The number of rotatable bonds is 3. The first-order valence-electron chi connectivity index (χ1n) is 5.50. The highest BCUT2D eigenvalue weighted by Gasteiger charge is 1.99. The summed E-state index contributed by atoms with van der Waals surface area (Å²) in [5, 5.41) is 9.41. The molecule has 0 unspecified atom stereocenters. The Morgan fingerprint density at radius 2 is 1.78 bits per heavy atom. The Labute approximate surface area is 110 Å². The third-order valence-corrected chi connectivity index (χ3v) is 3.34. The van der Waals surface area contributed by atoms with Gasteiger partial charge in [-0.25, -0.2) is 4.39 Å². The predicted molar refractivity (Wildman–Crippen MR) is 75.2 cm³/mol. The summed E-state index contributed by atoms with van der Waals surface area (Å²) in [5.74, 6) is 0.0277. The van der Waals surface area contributed by atoms with E-state index in [1.807, 2.05) is 24.5 Å². The standard InChI is InChI=1S/C15H13FOS/c1-18-15-10-14(17)9-6-12(15)5-2-11-3-7-13(16)8-4-11/h2-10,17H,1H3. The monoisotopic (exact) mass is 260 g/mol. The lowest BCUT2D eigenvalue weighted by atomic mass is 10.1. The van der Waals surface area contributed by atoms with Crippen molar-refractivity contribution in [2.24, 2.45) is 0 Å². The van der Waals surface area contributed by atoms with Crippen LogP contribution in [0.25, 0.3) is 12.2 Å². The van der Waals surface area contributed by atoms with Crippen molar-refractivity contribution in [2.75, 3.05) is 6.26 Å². The number of benzene rings is 2. The van der Waals surface area contributed by atoms with Crippen LogP contribution in [-0.2, 0) is 0 Å². The SMILES string of the molecule is CSc1cc(O)ccc1C=Cc1ccc(F)cc1. The topological polar surface area (TPSA) is 20.2 Å². The Balaban J connectivity index is 2.25. The summed E-state index contributed by atoms with van der Waals surface area (Å²) in [7, 11) is 0. The van der Waals surface area contributed by atoms with Gasteiger partial charge in [0.05, 0.1) is 0 Å². The van der Waals surface area contributed by atoms with E-state index in [0.29, 0.717) is 0 Å². The lowest BCUT2D eigenvalue weighted by Gasteiger charge is -2.03. The summed E-state index contributed by atoms with van der Waals surface area (Å²) < 4.78 is 12.8. The van der Waals surface area contributed by atoms with Crippen LogP contribution in [0.15, 0.2) is 47.4 Å². The van der Waals surface area contributed by atoms with E-state index >= 15 is 0 Å². The van der Waals surface area contributed by atoms with E-state index in [9.17, 15) is 9.50 Å². The number of phenolic OH excluding ortho intramolecular Hbond substituents is 1. The Bertz CT molecular complexity index is 561. The van der Waals surface area contributed by atoms with Crippen molar-refractivity contribution in [3.8, 4) is 5.75 Å². The molecule has 0 radical (unpaired) electrons. The second-order valence-corrected chi connectivity index (χ2v) is 4.66. The molecule has 18 heavy (non-hydrogen) atoms. The molecule has 1 N–H and O–H groups in total. The molecule has 0 aliphatic heterocycles. The number of aromatic hydroxyl groups is 1. The Kier molecular flexibility index (Phi) is 4.05. The molecule has 2 rings (SSSR count). The quantitative estimate of drug-likeness (QED) is 0.651. The molecule has 1 nitrogen and oxygen atoms in total. The summed E-state index contributed by atoms with van der Waals surface area (Å²) in [6, 6.07) is 11.6. The van der Waals surface area contributed by atoms with Crippen molar-refractivity contribution in [1.29, 1.82) is 0 Å². The van der Waals surface area contributed by atoms with Gasteiger partial charge in [0.2, 0.25) is 0 Å². The van der Waals surface area contributed by atoms with E-state index in [4.69, 9.17) is 0 Å². The molecule has 92 valence electrons. The van der Waals surface area contributed by atoms with Gasteiger partial charge in [-0.05, 0) is 41.6 Å². The van der Waals surface area contributed by atoms with Crippen molar-refractivity contribution in [1.82, 2.24) is 0 Å². The fourth-order valence-electron chi connectivity index (χ4n) is 1.60. The molecule has 0 amide bonds. The van der Waals surface area contributed by atoms with Gasteiger partial charge in [0, 0.05) is 4.90 Å². The highest BCUT2D eigenvalue weighted by Crippen LogP contribution is 2.26. The van der Waals surface area contributed by atoms with Gasteiger partial charge in [-0.3, -0.25) is 0 Å². The molecule has 0 atom stereocenters. The van der Waals surface area contributed by atoms with Crippen LogP contribution in [0.1, 0.15) is 11.1 Å². The lowest BCUT2D eigenvalue weighted by Crippen LogP contribution is -1.79. The minimum absolute atomic E-state index is 0.235. The van der Waals surface area contributed by atoms with Gasteiger partial charge in [0.15, 0.2) is 0 Å². The largest absolute Gasteiger partial charge is 0.508 e. The zero-order chi connectivity index (χ0) is 13.0. The van der Waals surface area contributed by atoms with Crippen LogP contribution in [0.3, 0.4) is 0 Å². The number of hydrogen-bond acceptors (Lipinski definition) is 2. The zero-order valence-corrected chi connectivity index (χ0v) is 10.7. The number of halogens is 1. The van der Waals surface area contributed by atoms with Gasteiger partial charge in [-0.1, -0.05) is 30.4 Å².